The lowest BCUT2D eigenvalue weighted by molar-refractivity contribution is -0.119. The Hall–Kier alpha value is -2.13. The van der Waals surface area contributed by atoms with Gasteiger partial charge in [-0.3, -0.25) is 10.1 Å². The number of aryl methyl sites for hydroxylation is 2. The highest BCUT2D eigenvalue weighted by Crippen LogP contribution is 2.30. The number of anilines is 2. The summed E-state index contributed by atoms with van der Waals surface area (Å²) < 4.78 is 0.657. The Bertz CT molecular complexity index is 763. The molecule has 0 aliphatic carbocycles. The van der Waals surface area contributed by atoms with E-state index in [1.807, 2.05) is 18.2 Å². The van der Waals surface area contributed by atoms with E-state index in [2.05, 4.69) is 40.0 Å². The van der Waals surface area contributed by atoms with Gasteiger partial charge < -0.3 is 10.6 Å². The first-order chi connectivity index (χ1) is 11.9. The van der Waals surface area contributed by atoms with Gasteiger partial charge in [-0.2, -0.15) is 0 Å². The number of nitrogens with one attached hydrogen (secondary N) is 3. The number of carbonyl (C=O) groups excluding carboxylic acids is 2. The van der Waals surface area contributed by atoms with E-state index < -0.39 is 11.3 Å². The lowest BCUT2D eigenvalue weighted by Crippen LogP contribution is -2.42. The average Bonchev–Trinajstić information content (AvgIpc) is 2.98. The maximum Gasteiger partial charge on any atom is 0.321 e. The van der Waals surface area contributed by atoms with Gasteiger partial charge in [-0.05, 0) is 51.0 Å². The van der Waals surface area contributed by atoms with Crippen LogP contribution >= 0.6 is 23.1 Å². The number of amides is 3. The van der Waals surface area contributed by atoms with Crippen molar-refractivity contribution in [2.75, 3.05) is 11.9 Å². The largest absolute Gasteiger partial charge is 0.338 e. The summed E-state index contributed by atoms with van der Waals surface area (Å²) in [5.74, 6) is -0.366. The van der Waals surface area contributed by atoms with Crippen LogP contribution in [0.2, 0.25) is 0 Å². The molecule has 9 heteroatoms. The van der Waals surface area contributed by atoms with Gasteiger partial charge >= 0.3 is 6.03 Å². The summed E-state index contributed by atoms with van der Waals surface area (Å²) in [5.41, 5.74) is 3.36. The van der Waals surface area contributed by atoms with Crippen molar-refractivity contribution < 1.29 is 9.59 Å². The number of thioether (sulfide) groups is 1. The molecule has 0 saturated heterocycles. The van der Waals surface area contributed by atoms with Crippen LogP contribution < -0.4 is 16.0 Å². The van der Waals surface area contributed by atoms with Gasteiger partial charge in [-0.15, -0.1) is 10.2 Å². The van der Waals surface area contributed by atoms with Crippen LogP contribution in [0.15, 0.2) is 22.5 Å². The molecule has 0 aliphatic heterocycles. The molecule has 2 rings (SSSR count). The lowest BCUT2D eigenvalue weighted by atomic mass is 10.1. The monoisotopic (exact) mass is 379 g/mol. The Morgan fingerprint density at radius 3 is 2.68 bits per heavy atom. The summed E-state index contributed by atoms with van der Waals surface area (Å²) in [4.78, 5) is 23.3. The standard InChI is InChI=1S/C16H21N5O2S2/c1-5-17-14(23)19-13(22)11(4)24-16-21-20-15(25-16)18-12-7-6-9(2)10(3)8-12/h6-8,11H,5H2,1-4H3,(H,18,20)(H2,17,19,22,23)/t11-/m1/s1. The molecule has 0 aliphatic rings. The molecule has 3 N–H and O–H groups in total. The zero-order valence-electron chi connectivity index (χ0n) is 14.5. The predicted octanol–water partition coefficient (Wildman–Crippen LogP) is 3.22. The lowest BCUT2D eigenvalue weighted by Gasteiger charge is -2.09. The second-order valence-electron chi connectivity index (χ2n) is 5.41. The van der Waals surface area contributed by atoms with Crippen LogP contribution in [0.25, 0.3) is 0 Å². The molecule has 3 amide bonds. The predicted molar refractivity (Wildman–Crippen MR) is 102 cm³/mol. The molecule has 1 aromatic heterocycles. The van der Waals surface area contributed by atoms with Crippen LogP contribution in [0.1, 0.15) is 25.0 Å². The minimum Gasteiger partial charge on any atom is -0.338 e. The van der Waals surface area contributed by atoms with Crippen LogP contribution in [0.3, 0.4) is 0 Å². The van der Waals surface area contributed by atoms with Crippen molar-refractivity contribution in [3.63, 3.8) is 0 Å². The third-order valence-corrected chi connectivity index (χ3v) is 5.41. The zero-order valence-corrected chi connectivity index (χ0v) is 16.2. The number of imide groups is 1. The maximum absolute atomic E-state index is 11.9. The van der Waals surface area contributed by atoms with E-state index in [-0.39, 0.29) is 5.91 Å². The van der Waals surface area contributed by atoms with Crippen molar-refractivity contribution in [3.05, 3.63) is 29.3 Å². The second kappa shape index (κ2) is 8.82. The second-order valence-corrected chi connectivity index (χ2v) is 7.97. The van der Waals surface area contributed by atoms with E-state index in [0.717, 1.165) is 5.69 Å². The van der Waals surface area contributed by atoms with E-state index in [9.17, 15) is 9.59 Å². The molecule has 0 fully saturated rings. The first kappa shape index (κ1) is 19.2. The Kier molecular flexibility index (Phi) is 6.77. The molecule has 0 spiro atoms. The number of hydrogen-bond donors (Lipinski definition) is 3. The van der Waals surface area contributed by atoms with Gasteiger partial charge in [0.05, 0.1) is 5.25 Å². The zero-order chi connectivity index (χ0) is 18.4. The fraction of sp³-hybridized carbons (Fsp3) is 0.375. The van der Waals surface area contributed by atoms with Gasteiger partial charge in [-0.25, -0.2) is 4.79 Å². The van der Waals surface area contributed by atoms with Crippen molar-refractivity contribution in [2.45, 2.75) is 37.3 Å². The van der Waals surface area contributed by atoms with E-state index in [0.29, 0.717) is 16.0 Å². The minimum absolute atomic E-state index is 0.366. The first-order valence-electron chi connectivity index (χ1n) is 7.82. The summed E-state index contributed by atoms with van der Waals surface area (Å²) in [6.07, 6.45) is 0. The summed E-state index contributed by atoms with van der Waals surface area (Å²) in [5, 5.41) is 16.4. The van der Waals surface area contributed by atoms with E-state index in [4.69, 9.17) is 0 Å². The minimum atomic E-state index is -0.491. The number of nitrogens with zero attached hydrogens (tertiary/aromatic N) is 2. The highest BCUT2D eigenvalue weighted by atomic mass is 32.2. The third-order valence-electron chi connectivity index (χ3n) is 3.39. The Labute approximate surface area is 155 Å². The third kappa shape index (κ3) is 5.71. The summed E-state index contributed by atoms with van der Waals surface area (Å²) >= 11 is 2.62. The molecule has 0 saturated carbocycles. The summed E-state index contributed by atoms with van der Waals surface area (Å²) in [6, 6.07) is 5.59. The summed E-state index contributed by atoms with van der Waals surface area (Å²) in [6.45, 7) is 8.08. The molecule has 25 heavy (non-hydrogen) atoms. The quantitative estimate of drug-likeness (QED) is 0.667. The molecular weight excluding hydrogens is 358 g/mol. The Morgan fingerprint density at radius 2 is 2.00 bits per heavy atom. The number of benzene rings is 1. The maximum atomic E-state index is 11.9. The van der Waals surface area contributed by atoms with Gasteiger partial charge in [0, 0.05) is 12.2 Å². The molecule has 2 aromatic rings. The van der Waals surface area contributed by atoms with Gasteiger partial charge in [0.1, 0.15) is 0 Å². The van der Waals surface area contributed by atoms with Crippen molar-refractivity contribution >= 4 is 45.9 Å². The number of hydrogen-bond acceptors (Lipinski definition) is 7. The topological polar surface area (TPSA) is 96.0 Å². The van der Waals surface area contributed by atoms with Gasteiger partial charge in [0.25, 0.3) is 0 Å². The molecule has 134 valence electrons. The number of urea groups is 1. The van der Waals surface area contributed by atoms with E-state index in [1.165, 1.54) is 34.2 Å². The fourth-order valence-electron chi connectivity index (χ4n) is 1.87. The highest BCUT2D eigenvalue weighted by Gasteiger charge is 2.19. The molecule has 1 aromatic carbocycles. The summed E-state index contributed by atoms with van der Waals surface area (Å²) in [7, 11) is 0. The average molecular weight is 380 g/mol. The number of rotatable bonds is 6. The van der Waals surface area contributed by atoms with Crippen molar-refractivity contribution in [1.82, 2.24) is 20.8 Å². The molecule has 0 bridgehead atoms. The van der Waals surface area contributed by atoms with Crippen molar-refractivity contribution in [2.24, 2.45) is 0 Å². The smallest absolute Gasteiger partial charge is 0.321 e. The van der Waals surface area contributed by atoms with Gasteiger partial charge in [-0.1, -0.05) is 29.2 Å². The van der Waals surface area contributed by atoms with Crippen LogP contribution in [0.4, 0.5) is 15.6 Å². The number of aromatic nitrogens is 2. The van der Waals surface area contributed by atoms with Gasteiger partial charge in [0.15, 0.2) is 4.34 Å². The molecule has 1 heterocycles. The van der Waals surface area contributed by atoms with Gasteiger partial charge in [0.2, 0.25) is 11.0 Å². The van der Waals surface area contributed by atoms with E-state index >= 15 is 0 Å². The Morgan fingerprint density at radius 1 is 1.24 bits per heavy atom. The molecule has 7 nitrogen and oxygen atoms in total. The SMILES string of the molecule is CCNC(=O)NC(=O)[C@@H](C)Sc1nnc(Nc2ccc(C)c(C)c2)s1. The van der Waals surface area contributed by atoms with Crippen molar-refractivity contribution in [1.29, 1.82) is 0 Å². The van der Waals surface area contributed by atoms with Crippen LogP contribution in [-0.2, 0) is 4.79 Å². The van der Waals surface area contributed by atoms with Crippen molar-refractivity contribution in [3.8, 4) is 0 Å². The van der Waals surface area contributed by atoms with E-state index in [1.54, 1.807) is 13.8 Å². The molecule has 0 unspecified atom stereocenters. The molecule has 1 atom stereocenters. The normalized spacial score (nSPS) is 11.7. The first-order valence-corrected chi connectivity index (χ1v) is 9.51. The van der Waals surface area contributed by atoms with Crippen LogP contribution in [0.5, 0.6) is 0 Å². The van der Waals surface area contributed by atoms with Crippen LogP contribution in [-0.4, -0.2) is 33.9 Å². The highest BCUT2D eigenvalue weighted by molar-refractivity contribution is 8.02. The molecular formula is C16H21N5O2S2. The molecule has 0 radical (unpaired) electrons. The fourth-order valence-corrected chi connectivity index (χ4v) is 3.79. The Balaban J connectivity index is 1.93. The number of carbonyl (C=O) groups is 2. The van der Waals surface area contributed by atoms with Crippen LogP contribution in [0, 0.1) is 13.8 Å².